The van der Waals surface area contributed by atoms with Crippen LogP contribution in [0.1, 0.15) is 33.6 Å². The predicted octanol–water partition coefficient (Wildman–Crippen LogP) is 2.93. The summed E-state index contributed by atoms with van der Waals surface area (Å²) in [5.74, 6) is -0.760. The molecule has 1 aromatic heterocycles. The van der Waals surface area contributed by atoms with Crippen LogP contribution >= 0.6 is 33.9 Å². The number of carbonyl (C=O) groups is 1. The maximum atomic E-state index is 11.0. The van der Waals surface area contributed by atoms with Crippen molar-refractivity contribution in [2.75, 3.05) is 0 Å². The van der Waals surface area contributed by atoms with E-state index in [9.17, 15) is 4.79 Å². The van der Waals surface area contributed by atoms with Crippen molar-refractivity contribution in [1.82, 2.24) is 0 Å². The van der Waals surface area contributed by atoms with Crippen molar-refractivity contribution >= 4 is 39.9 Å². The lowest BCUT2D eigenvalue weighted by Crippen LogP contribution is -2.05. The molecule has 0 fully saturated rings. The molecule has 0 saturated heterocycles. The van der Waals surface area contributed by atoms with E-state index in [-0.39, 0.29) is 0 Å². The maximum absolute atomic E-state index is 11.0. The molecule has 4 heteroatoms. The zero-order valence-electron chi connectivity index (χ0n) is 6.97. The first-order valence-corrected chi connectivity index (χ1v) is 6.13. The van der Waals surface area contributed by atoms with Crippen LogP contribution in [0.2, 0.25) is 0 Å². The highest BCUT2D eigenvalue weighted by Gasteiger charge is 2.23. The van der Waals surface area contributed by atoms with Crippen molar-refractivity contribution in [3.8, 4) is 0 Å². The van der Waals surface area contributed by atoms with Crippen LogP contribution in [0.25, 0.3) is 0 Å². The molecule has 0 spiro atoms. The third-order valence-corrected chi connectivity index (χ3v) is 4.62. The zero-order chi connectivity index (χ0) is 9.42. The maximum Gasteiger partial charge on any atom is 0.337 e. The predicted molar refractivity (Wildman–Crippen MR) is 60.6 cm³/mol. The Hall–Kier alpha value is -0.100. The SMILES string of the molecule is O=C(O)c1c(I)sc2c1CCCC2. The number of aromatic carboxylic acids is 1. The second kappa shape index (κ2) is 3.57. The van der Waals surface area contributed by atoms with Gasteiger partial charge in [0.25, 0.3) is 0 Å². The molecule has 0 radical (unpaired) electrons. The van der Waals surface area contributed by atoms with E-state index in [4.69, 9.17) is 5.11 Å². The van der Waals surface area contributed by atoms with Crippen LogP contribution in [0, 0.1) is 2.88 Å². The van der Waals surface area contributed by atoms with Gasteiger partial charge in [-0.15, -0.1) is 11.3 Å². The largest absolute Gasteiger partial charge is 0.478 e. The molecule has 1 N–H and O–H groups in total. The molecular weight excluding hydrogens is 299 g/mol. The Labute approximate surface area is 94.1 Å². The Morgan fingerprint density at radius 1 is 1.38 bits per heavy atom. The van der Waals surface area contributed by atoms with E-state index in [1.807, 2.05) is 0 Å². The Morgan fingerprint density at radius 2 is 2.08 bits per heavy atom. The van der Waals surface area contributed by atoms with E-state index in [0.717, 1.165) is 27.7 Å². The number of carboxylic acids is 1. The van der Waals surface area contributed by atoms with Gasteiger partial charge in [-0.1, -0.05) is 0 Å². The van der Waals surface area contributed by atoms with Gasteiger partial charge >= 0.3 is 5.97 Å². The van der Waals surface area contributed by atoms with Gasteiger partial charge in [0, 0.05) is 4.88 Å². The van der Waals surface area contributed by atoms with Crippen molar-refractivity contribution in [2.45, 2.75) is 25.7 Å². The van der Waals surface area contributed by atoms with Crippen LogP contribution in [-0.4, -0.2) is 11.1 Å². The topological polar surface area (TPSA) is 37.3 Å². The fraction of sp³-hybridized carbons (Fsp3) is 0.444. The summed E-state index contributed by atoms with van der Waals surface area (Å²) in [5, 5.41) is 9.01. The first kappa shape index (κ1) is 9.45. The molecule has 0 atom stereocenters. The van der Waals surface area contributed by atoms with Crippen molar-refractivity contribution < 1.29 is 9.90 Å². The van der Waals surface area contributed by atoms with E-state index in [0.29, 0.717) is 5.56 Å². The monoisotopic (exact) mass is 308 g/mol. The molecule has 0 aliphatic heterocycles. The average Bonchev–Trinajstić information content (AvgIpc) is 2.39. The Bertz CT molecular complexity index is 357. The fourth-order valence-corrected chi connectivity index (χ4v) is 4.20. The van der Waals surface area contributed by atoms with Crippen molar-refractivity contribution in [2.24, 2.45) is 0 Å². The summed E-state index contributed by atoms with van der Waals surface area (Å²) in [6, 6.07) is 0. The minimum Gasteiger partial charge on any atom is -0.478 e. The van der Waals surface area contributed by atoms with E-state index in [2.05, 4.69) is 22.6 Å². The molecule has 0 amide bonds. The second-order valence-corrected chi connectivity index (χ2v) is 6.08. The van der Waals surface area contributed by atoms with Crippen LogP contribution in [0.3, 0.4) is 0 Å². The summed E-state index contributed by atoms with van der Waals surface area (Å²) in [6.45, 7) is 0. The van der Waals surface area contributed by atoms with E-state index in [1.54, 1.807) is 11.3 Å². The number of carboxylic acid groups (broad SMARTS) is 1. The first-order valence-electron chi connectivity index (χ1n) is 4.23. The van der Waals surface area contributed by atoms with Crippen molar-refractivity contribution in [3.05, 3.63) is 18.9 Å². The van der Waals surface area contributed by atoms with Crippen LogP contribution in [0.5, 0.6) is 0 Å². The van der Waals surface area contributed by atoms with Crippen LogP contribution in [-0.2, 0) is 12.8 Å². The molecule has 13 heavy (non-hydrogen) atoms. The molecule has 1 aliphatic carbocycles. The summed E-state index contributed by atoms with van der Waals surface area (Å²) in [4.78, 5) is 12.3. The molecule has 0 bridgehead atoms. The average molecular weight is 308 g/mol. The normalized spacial score (nSPS) is 15.5. The molecule has 70 valence electrons. The summed E-state index contributed by atoms with van der Waals surface area (Å²) < 4.78 is 0.942. The van der Waals surface area contributed by atoms with E-state index in [1.165, 1.54) is 11.3 Å². The van der Waals surface area contributed by atoms with Gasteiger partial charge < -0.3 is 5.11 Å². The third kappa shape index (κ3) is 1.61. The quantitative estimate of drug-likeness (QED) is 0.810. The second-order valence-electron chi connectivity index (χ2n) is 3.16. The highest BCUT2D eigenvalue weighted by Crippen LogP contribution is 2.35. The standard InChI is InChI=1S/C9H9IO2S/c10-8-7(9(11)12)5-3-1-2-4-6(5)13-8/h1-4H2,(H,11,12). The van der Waals surface area contributed by atoms with E-state index < -0.39 is 5.97 Å². The van der Waals surface area contributed by atoms with Gasteiger partial charge in [0.15, 0.2) is 0 Å². The van der Waals surface area contributed by atoms with Crippen molar-refractivity contribution in [1.29, 1.82) is 0 Å². The highest BCUT2D eigenvalue weighted by atomic mass is 127. The third-order valence-electron chi connectivity index (χ3n) is 2.34. The number of hydrogen-bond acceptors (Lipinski definition) is 2. The smallest absolute Gasteiger partial charge is 0.337 e. The van der Waals surface area contributed by atoms with Gasteiger partial charge in [0.1, 0.15) is 0 Å². The molecule has 1 aromatic rings. The Balaban J connectivity index is 2.54. The number of halogens is 1. The van der Waals surface area contributed by atoms with Gasteiger partial charge in [-0.25, -0.2) is 4.79 Å². The molecule has 0 unspecified atom stereocenters. The first-order chi connectivity index (χ1) is 6.20. The minimum atomic E-state index is -0.760. The molecule has 1 heterocycles. The summed E-state index contributed by atoms with van der Waals surface area (Å²) in [5.41, 5.74) is 1.67. The Kier molecular flexibility index (Phi) is 2.60. The van der Waals surface area contributed by atoms with Gasteiger partial charge in [0.2, 0.25) is 0 Å². The molecule has 2 nitrogen and oxygen atoms in total. The number of aryl methyl sites for hydroxylation is 1. The van der Waals surface area contributed by atoms with Gasteiger partial charge in [-0.05, 0) is 53.8 Å². The molecule has 1 aliphatic rings. The number of fused-ring (bicyclic) bond motifs is 1. The number of thiophene rings is 1. The Morgan fingerprint density at radius 3 is 2.77 bits per heavy atom. The summed E-state index contributed by atoms with van der Waals surface area (Å²) >= 11 is 3.79. The molecule has 0 saturated carbocycles. The van der Waals surface area contributed by atoms with Gasteiger partial charge in [-0.3, -0.25) is 0 Å². The minimum absolute atomic E-state index is 0.570. The molecule has 0 aromatic carbocycles. The van der Waals surface area contributed by atoms with Gasteiger partial charge in [0.05, 0.1) is 8.45 Å². The lowest BCUT2D eigenvalue weighted by molar-refractivity contribution is 0.0695. The number of rotatable bonds is 1. The van der Waals surface area contributed by atoms with Gasteiger partial charge in [-0.2, -0.15) is 0 Å². The van der Waals surface area contributed by atoms with Crippen LogP contribution in [0.15, 0.2) is 0 Å². The van der Waals surface area contributed by atoms with Crippen LogP contribution < -0.4 is 0 Å². The molecule has 2 rings (SSSR count). The van der Waals surface area contributed by atoms with E-state index >= 15 is 0 Å². The van der Waals surface area contributed by atoms with Crippen molar-refractivity contribution in [3.63, 3.8) is 0 Å². The number of hydrogen-bond donors (Lipinski definition) is 1. The zero-order valence-corrected chi connectivity index (χ0v) is 9.94. The molecular formula is C9H9IO2S. The van der Waals surface area contributed by atoms with Crippen LogP contribution in [0.4, 0.5) is 0 Å². The fourth-order valence-electron chi connectivity index (χ4n) is 1.75. The summed E-state index contributed by atoms with van der Waals surface area (Å²) in [6.07, 6.45) is 4.38. The lowest BCUT2D eigenvalue weighted by atomic mass is 9.96. The lowest BCUT2D eigenvalue weighted by Gasteiger charge is -2.10. The highest BCUT2D eigenvalue weighted by molar-refractivity contribution is 14.1. The summed E-state index contributed by atoms with van der Waals surface area (Å²) in [7, 11) is 0.